The predicted molar refractivity (Wildman–Crippen MR) is 31.7 cm³/mol. The third kappa shape index (κ3) is 1.56. The molecule has 0 spiro atoms. The minimum absolute atomic E-state index is 0.140. The van der Waals surface area contributed by atoms with Gasteiger partial charge in [0.15, 0.2) is 0 Å². The van der Waals surface area contributed by atoms with Gasteiger partial charge in [0, 0.05) is 13.1 Å². The molecule has 0 aliphatic carbocycles. The number of rotatable bonds is 1. The van der Waals surface area contributed by atoms with Crippen LogP contribution in [0.5, 0.6) is 0 Å². The average molecular weight is 124 g/mol. The number of amides is 1. The van der Waals surface area contributed by atoms with Crippen molar-refractivity contribution in [2.45, 2.75) is 6.92 Å². The third-order valence-electron chi connectivity index (χ3n) is 0.744. The summed E-state index contributed by atoms with van der Waals surface area (Å²) in [6.07, 6.45) is 4.03. The molecule has 0 aliphatic heterocycles. The van der Waals surface area contributed by atoms with E-state index in [4.69, 9.17) is 0 Å². The number of hydrogen-bond donors (Lipinski definition) is 2. The maximum atomic E-state index is 10.3. The SMILES string of the molecule is CC(=O)Nc1n[c]c[nH]1. The Morgan fingerprint density at radius 2 is 2.78 bits per heavy atom. The van der Waals surface area contributed by atoms with Gasteiger partial charge >= 0.3 is 0 Å². The number of imidazole rings is 1. The number of anilines is 1. The molecular weight excluding hydrogens is 118 g/mol. The van der Waals surface area contributed by atoms with Crippen LogP contribution in [-0.2, 0) is 4.79 Å². The van der Waals surface area contributed by atoms with E-state index >= 15 is 0 Å². The number of nitrogens with zero attached hydrogens (tertiary/aromatic N) is 1. The first-order chi connectivity index (χ1) is 4.29. The van der Waals surface area contributed by atoms with Gasteiger partial charge in [-0.2, -0.15) is 0 Å². The number of carbonyl (C=O) groups excluding carboxylic acids is 1. The highest BCUT2D eigenvalue weighted by Gasteiger charge is 1.93. The normalized spacial score (nSPS) is 9.00. The number of H-pyrrole nitrogens is 1. The van der Waals surface area contributed by atoms with Crippen LogP contribution in [0.4, 0.5) is 5.95 Å². The van der Waals surface area contributed by atoms with E-state index in [1.165, 1.54) is 13.1 Å². The summed E-state index contributed by atoms with van der Waals surface area (Å²) in [5.74, 6) is 0.292. The predicted octanol–water partition coefficient (Wildman–Crippen LogP) is 0.168. The van der Waals surface area contributed by atoms with Crippen LogP contribution >= 0.6 is 0 Å². The smallest absolute Gasteiger partial charge is 0.223 e. The average Bonchev–Trinajstić information content (AvgIpc) is 2.15. The molecule has 1 rings (SSSR count). The molecule has 0 atom stereocenters. The maximum absolute atomic E-state index is 10.3. The lowest BCUT2D eigenvalue weighted by Gasteiger charge is -1.91. The van der Waals surface area contributed by atoms with E-state index in [9.17, 15) is 4.79 Å². The van der Waals surface area contributed by atoms with Crippen LogP contribution in [0.15, 0.2) is 6.20 Å². The van der Waals surface area contributed by atoms with Gasteiger partial charge in [-0.3, -0.25) is 10.1 Å². The molecule has 2 N–H and O–H groups in total. The van der Waals surface area contributed by atoms with E-state index < -0.39 is 0 Å². The Bertz CT molecular complexity index is 192. The van der Waals surface area contributed by atoms with Gasteiger partial charge in [-0.1, -0.05) is 0 Å². The summed E-state index contributed by atoms with van der Waals surface area (Å²) in [5, 5.41) is 2.45. The zero-order valence-corrected chi connectivity index (χ0v) is 4.93. The Kier molecular flexibility index (Phi) is 1.48. The van der Waals surface area contributed by atoms with Crippen LogP contribution in [0.3, 0.4) is 0 Å². The Labute approximate surface area is 52.3 Å². The van der Waals surface area contributed by atoms with Crippen LogP contribution in [0.25, 0.3) is 0 Å². The Morgan fingerprint density at radius 3 is 3.22 bits per heavy atom. The van der Waals surface area contributed by atoms with Gasteiger partial charge in [0.2, 0.25) is 11.9 Å². The largest absolute Gasteiger partial charge is 0.330 e. The summed E-state index contributed by atoms with van der Waals surface area (Å²) in [6.45, 7) is 1.42. The minimum Gasteiger partial charge on any atom is -0.330 e. The van der Waals surface area contributed by atoms with Crippen LogP contribution in [0, 0.1) is 6.20 Å². The van der Waals surface area contributed by atoms with E-state index in [-0.39, 0.29) is 5.91 Å². The van der Waals surface area contributed by atoms with Gasteiger partial charge in [-0.05, 0) is 0 Å². The van der Waals surface area contributed by atoms with E-state index in [0.29, 0.717) is 5.95 Å². The highest BCUT2D eigenvalue weighted by Crippen LogP contribution is 1.91. The fourth-order valence-electron chi connectivity index (χ4n) is 0.461. The van der Waals surface area contributed by atoms with Crippen molar-refractivity contribution >= 4 is 11.9 Å². The molecular formula is C5H6N3O. The lowest BCUT2D eigenvalue weighted by molar-refractivity contribution is -0.114. The Morgan fingerprint density at radius 1 is 2.00 bits per heavy atom. The van der Waals surface area contributed by atoms with Crippen molar-refractivity contribution in [3.8, 4) is 0 Å². The highest BCUT2D eigenvalue weighted by atomic mass is 16.1. The van der Waals surface area contributed by atoms with Gasteiger partial charge in [-0.25, -0.2) is 4.98 Å². The van der Waals surface area contributed by atoms with Crippen LogP contribution < -0.4 is 5.32 Å². The molecule has 1 aromatic rings. The molecule has 0 saturated heterocycles. The molecule has 0 aliphatic rings. The van der Waals surface area contributed by atoms with Crippen molar-refractivity contribution in [2.24, 2.45) is 0 Å². The van der Waals surface area contributed by atoms with Crippen molar-refractivity contribution in [3.05, 3.63) is 12.4 Å². The standard InChI is InChI=1S/C5H6N3O/c1-4(9)8-5-6-2-3-7-5/h2H,1H3,(H2,6,7,8,9). The Balaban J connectivity index is 2.58. The molecule has 0 aromatic carbocycles. The number of aromatic nitrogens is 2. The third-order valence-corrected chi connectivity index (χ3v) is 0.744. The fraction of sp³-hybridized carbons (Fsp3) is 0.200. The molecule has 1 amide bonds. The maximum Gasteiger partial charge on any atom is 0.223 e. The molecule has 0 saturated carbocycles. The van der Waals surface area contributed by atoms with E-state index in [2.05, 4.69) is 21.5 Å². The summed E-state index contributed by atoms with van der Waals surface area (Å²) < 4.78 is 0. The number of nitrogens with one attached hydrogen (secondary N) is 2. The second-order valence-corrected chi connectivity index (χ2v) is 1.56. The van der Waals surface area contributed by atoms with E-state index in [1.54, 1.807) is 0 Å². The quantitative estimate of drug-likeness (QED) is 0.560. The van der Waals surface area contributed by atoms with Gasteiger partial charge in [0.25, 0.3) is 0 Å². The molecule has 0 unspecified atom stereocenters. The van der Waals surface area contributed by atoms with E-state index in [0.717, 1.165) is 0 Å². The van der Waals surface area contributed by atoms with Crippen molar-refractivity contribution in [1.29, 1.82) is 0 Å². The lowest BCUT2D eigenvalue weighted by atomic mass is 10.7. The van der Waals surface area contributed by atoms with Crippen molar-refractivity contribution in [2.75, 3.05) is 5.32 Å². The van der Waals surface area contributed by atoms with Crippen molar-refractivity contribution in [1.82, 2.24) is 9.97 Å². The summed E-state index contributed by atoms with van der Waals surface area (Å²) in [6, 6.07) is 0. The molecule has 4 nitrogen and oxygen atoms in total. The number of hydrogen-bond acceptors (Lipinski definition) is 2. The first-order valence-corrected chi connectivity index (χ1v) is 2.48. The summed E-state index contributed by atoms with van der Waals surface area (Å²) in [4.78, 5) is 16.6. The zero-order valence-electron chi connectivity index (χ0n) is 4.93. The first-order valence-electron chi connectivity index (χ1n) is 2.48. The van der Waals surface area contributed by atoms with Crippen LogP contribution in [0.1, 0.15) is 6.92 Å². The van der Waals surface area contributed by atoms with Crippen LogP contribution in [-0.4, -0.2) is 15.9 Å². The molecule has 1 radical (unpaired) electrons. The van der Waals surface area contributed by atoms with Crippen molar-refractivity contribution < 1.29 is 4.79 Å². The number of carbonyl (C=O) groups is 1. The first kappa shape index (κ1) is 5.81. The summed E-state index contributed by atoms with van der Waals surface area (Å²) in [5.41, 5.74) is 0. The molecule has 9 heavy (non-hydrogen) atoms. The van der Waals surface area contributed by atoms with Gasteiger partial charge in [-0.15, -0.1) is 0 Å². The van der Waals surface area contributed by atoms with Crippen LogP contribution in [0.2, 0.25) is 0 Å². The monoisotopic (exact) mass is 124 g/mol. The second kappa shape index (κ2) is 2.30. The molecule has 1 aromatic heterocycles. The van der Waals surface area contributed by atoms with Crippen molar-refractivity contribution in [3.63, 3.8) is 0 Å². The van der Waals surface area contributed by atoms with Gasteiger partial charge < -0.3 is 4.98 Å². The minimum atomic E-state index is -0.140. The molecule has 4 heteroatoms. The summed E-state index contributed by atoms with van der Waals surface area (Å²) in [7, 11) is 0. The molecule has 1 heterocycles. The van der Waals surface area contributed by atoms with Gasteiger partial charge in [0.05, 0.1) is 0 Å². The molecule has 0 fully saturated rings. The van der Waals surface area contributed by atoms with Gasteiger partial charge in [0.1, 0.15) is 6.20 Å². The number of aromatic amines is 1. The molecule has 0 bridgehead atoms. The lowest BCUT2D eigenvalue weighted by Crippen LogP contribution is -2.06. The molecule has 47 valence electrons. The Hall–Kier alpha value is -1.32. The second-order valence-electron chi connectivity index (χ2n) is 1.56. The summed E-state index contributed by atoms with van der Waals surface area (Å²) >= 11 is 0. The van der Waals surface area contributed by atoms with E-state index in [1.807, 2.05) is 0 Å². The fourth-order valence-corrected chi connectivity index (χ4v) is 0.461. The topological polar surface area (TPSA) is 57.8 Å². The highest BCUT2D eigenvalue weighted by molar-refractivity contribution is 5.86. The zero-order chi connectivity index (χ0) is 6.69.